The Morgan fingerprint density at radius 3 is 2.67 bits per heavy atom. The summed E-state index contributed by atoms with van der Waals surface area (Å²) in [6.45, 7) is 0.693. The third kappa shape index (κ3) is 2.04. The summed E-state index contributed by atoms with van der Waals surface area (Å²) in [6, 6.07) is 9.04. The first-order valence-electron chi connectivity index (χ1n) is 6.32. The lowest BCUT2D eigenvalue weighted by atomic mass is 10.1. The monoisotopic (exact) mass is 243 g/mol. The molecule has 0 aliphatic heterocycles. The van der Waals surface area contributed by atoms with Crippen molar-refractivity contribution in [3.8, 4) is 0 Å². The zero-order valence-corrected chi connectivity index (χ0v) is 10.5. The van der Waals surface area contributed by atoms with Crippen LogP contribution in [0.5, 0.6) is 0 Å². The third-order valence-corrected chi connectivity index (χ3v) is 3.55. The molecule has 0 fully saturated rings. The Kier molecular flexibility index (Phi) is 3.11. The molecule has 1 heterocycles. The average Bonchev–Trinajstić information content (AvgIpc) is 3.01. The molecular formula is C14H17N3O. The van der Waals surface area contributed by atoms with Crippen LogP contribution in [0.15, 0.2) is 30.6 Å². The summed E-state index contributed by atoms with van der Waals surface area (Å²) in [5.41, 5.74) is 2.88. The van der Waals surface area contributed by atoms with Crippen LogP contribution < -0.4 is 0 Å². The third-order valence-electron chi connectivity index (χ3n) is 3.55. The lowest BCUT2D eigenvalue weighted by Crippen LogP contribution is -2.15. The van der Waals surface area contributed by atoms with E-state index in [1.807, 2.05) is 0 Å². The van der Waals surface area contributed by atoms with E-state index in [-0.39, 0.29) is 0 Å². The molecule has 94 valence electrons. The molecule has 1 aromatic heterocycles. The second kappa shape index (κ2) is 4.90. The summed E-state index contributed by atoms with van der Waals surface area (Å²) in [5, 5.41) is 4.38. The molecule has 18 heavy (non-hydrogen) atoms. The van der Waals surface area contributed by atoms with Crippen LogP contribution in [0, 0.1) is 0 Å². The van der Waals surface area contributed by atoms with Crippen LogP contribution in [0.2, 0.25) is 0 Å². The fraction of sp³-hybridized carbons (Fsp3) is 0.429. The fourth-order valence-corrected chi connectivity index (χ4v) is 2.66. The van der Waals surface area contributed by atoms with Gasteiger partial charge in [0.1, 0.15) is 12.2 Å². The second-order valence-electron chi connectivity index (χ2n) is 4.69. The molecule has 4 nitrogen and oxygen atoms in total. The van der Waals surface area contributed by atoms with E-state index in [9.17, 15) is 0 Å². The highest BCUT2D eigenvalue weighted by atomic mass is 16.5. The smallest absolute Gasteiger partial charge is 0.138 e. The van der Waals surface area contributed by atoms with Gasteiger partial charge in [-0.25, -0.2) is 9.67 Å². The molecule has 0 saturated carbocycles. The fourth-order valence-electron chi connectivity index (χ4n) is 2.66. The van der Waals surface area contributed by atoms with Crippen molar-refractivity contribution < 1.29 is 4.74 Å². The SMILES string of the molecule is COCCc1ncnn1C1Cc2ccccc2C1. The van der Waals surface area contributed by atoms with Gasteiger partial charge in [-0.05, 0) is 24.0 Å². The van der Waals surface area contributed by atoms with Crippen molar-refractivity contribution >= 4 is 0 Å². The average molecular weight is 243 g/mol. The number of rotatable bonds is 4. The Balaban J connectivity index is 1.80. The van der Waals surface area contributed by atoms with Crippen LogP contribution in [0.1, 0.15) is 23.0 Å². The van der Waals surface area contributed by atoms with Gasteiger partial charge in [-0.1, -0.05) is 24.3 Å². The second-order valence-corrected chi connectivity index (χ2v) is 4.69. The Hall–Kier alpha value is -1.68. The number of hydrogen-bond acceptors (Lipinski definition) is 3. The zero-order chi connectivity index (χ0) is 12.4. The van der Waals surface area contributed by atoms with Crippen molar-refractivity contribution in [1.82, 2.24) is 14.8 Å². The van der Waals surface area contributed by atoms with E-state index in [0.717, 1.165) is 25.1 Å². The van der Waals surface area contributed by atoms with Crippen molar-refractivity contribution in [2.24, 2.45) is 0 Å². The van der Waals surface area contributed by atoms with Crippen LogP contribution >= 0.6 is 0 Å². The van der Waals surface area contributed by atoms with E-state index in [4.69, 9.17) is 4.74 Å². The van der Waals surface area contributed by atoms with E-state index in [2.05, 4.69) is 39.0 Å². The summed E-state index contributed by atoms with van der Waals surface area (Å²) in [6.07, 6.45) is 4.58. The van der Waals surface area contributed by atoms with Crippen LogP contribution in [0.25, 0.3) is 0 Å². The van der Waals surface area contributed by atoms with Crippen molar-refractivity contribution in [3.05, 3.63) is 47.5 Å². The molecule has 0 N–H and O–H groups in total. The number of aromatic nitrogens is 3. The maximum Gasteiger partial charge on any atom is 0.138 e. The normalized spacial score (nSPS) is 14.9. The topological polar surface area (TPSA) is 39.9 Å². The van der Waals surface area contributed by atoms with E-state index in [0.29, 0.717) is 12.6 Å². The maximum atomic E-state index is 5.11. The predicted molar refractivity (Wildman–Crippen MR) is 68.5 cm³/mol. The van der Waals surface area contributed by atoms with Gasteiger partial charge < -0.3 is 4.74 Å². The summed E-state index contributed by atoms with van der Waals surface area (Å²) < 4.78 is 7.18. The van der Waals surface area contributed by atoms with Crippen molar-refractivity contribution in [2.75, 3.05) is 13.7 Å². The minimum absolute atomic E-state index is 0.414. The molecule has 1 aliphatic rings. The summed E-state index contributed by atoms with van der Waals surface area (Å²) in [7, 11) is 1.71. The molecule has 0 radical (unpaired) electrons. The number of nitrogens with zero attached hydrogens (tertiary/aromatic N) is 3. The van der Waals surface area contributed by atoms with Crippen LogP contribution in [0.3, 0.4) is 0 Å². The molecule has 4 heteroatoms. The van der Waals surface area contributed by atoms with Gasteiger partial charge in [-0.3, -0.25) is 0 Å². The van der Waals surface area contributed by atoms with Crippen molar-refractivity contribution in [3.63, 3.8) is 0 Å². The summed E-state index contributed by atoms with van der Waals surface area (Å²) in [5.74, 6) is 1.02. The molecule has 1 aliphatic carbocycles. The molecule has 3 rings (SSSR count). The lowest BCUT2D eigenvalue weighted by molar-refractivity contribution is 0.198. The van der Waals surface area contributed by atoms with E-state index in [1.165, 1.54) is 11.1 Å². The van der Waals surface area contributed by atoms with E-state index in [1.54, 1.807) is 13.4 Å². The van der Waals surface area contributed by atoms with Gasteiger partial charge >= 0.3 is 0 Å². The van der Waals surface area contributed by atoms with Gasteiger partial charge in [-0.2, -0.15) is 5.10 Å². The van der Waals surface area contributed by atoms with Crippen molar-refractivity contribution in [2.45, 2.75) is 25.3 Å². The molecule has 1 aromatic carbocycles. The first-order valence-corrected chi connectivity index (χ1v) is 6.32. The Morgan fingerprint density at radius 1 is 1.28 bits per heavy atom. The molecule has 0 saturated heterocycles. The highest BCUT2D eigenvalue weighted by molar-refractivity contribution is 5.32. The molecule has 0 bridgehead atoms. The molecule has 0 spiro atoms. The largest absolute Gasteiger partial charge is 0.384 e. The summed E-state index contributed by atoms with van der Waals surface area (Å²) >= 11 is 0. The van der Waals surface area contributed by atoms with Crippen LogP contribution in [-0.2, 0) is 24.0 Å². The molecular weight excluding hydrogens is 226 g/mol. The van der Waals surface area contributed by atoms with E-state index < -0.39 is 0 Å². The standard InChI is InChI=1S/C14H17N3O/c1-18-7-6-14-15-10-16-17(14)13-8-11-4-2-3-5-12(11)9-13/h2-5,10,13H,6-9H2,1H3. The van der Waals surface area contributed by atoms with Gasteiger partial charge in [0.15, 0.2) is 0 Å². The molecule has 0 unspecified atom stereocenters. The first kappa shape index (κ1) is 11.4. The number of ether oxygens (including phenoxy) is 1. The van der Waals surface area contributed by atoms with Gasteiger partial charge in [0.25, 0.3) is 0 Å². The van der Waals surface area contributed by atoms with E-state index >= 15 is 0 Å². The number of methoxy groups -OCH3 is 1. The first-order chi connectivity index (χ1) is 8.88. The predicted octanol–water partition coefficient (Wildman–Crippen LogP) is 1.81. The molecule has 0 amide bonds. The summed E-state index contributed by atoms with van der Waals surface area (Å²) in [4.78, 5) is 4.33. The van der Waals surface area contributed by atoms with Gasteiger partial charge in [0.2, 0.25) is 0 Å². The number of benzene rings is 1. The maximum absolute atomic E-state index is 5.11. The quantitative estimate of drug-likeness (QED) is 0.822. The molecule has 0 atom stereocenters. The highest BCUT2D eigenvalue weighted by Crippen LogP contribution is 2.29. The number of fused-ring (bicyclic) bond motifs is 1. The highest BCUT2D eigenvalue weighted by Gasteiger charge is 2.24. The van der Waals surface area contributed by atoms with Gasteiger partial charge in [-0.15, -0.1) is 0 Å². The van der Waals surface area contributed by atoms with Gasteiger partial charge in [0.05, 0.1) is 12.6 Å². The Morgan fingerprint density at radius 2 is 2.00 bits per heavy atom. The lowest BCUT2D eigenvalue weighted by Gasteiger charge is -2.12. The van der Waals surface area contributed by atoms with Gasteiger partial charge in [0, 0.05) is 13.5 Å². The minimum Gasteiger partial charge on any atom is -0.384 e. The minimum atomic E-state index is 0.414. The van der Waals surface area contributed by atoms with Crippen LogP contribution in [-0.4, -0.2) is 28.5 Å². The Labute approximate surface area is 107 Å². The van der Waals surface area contributed by atoms with Crippen LogP contribution in [0.4, 0.5) is 0 Å². The molecule has 2 aromatic rings. The number of hydrogen-bond donors (Lipinski definition) is 0. The van der Waals surface area contributed by atoms with Crippen molar-refractivity contribution in [1.29, 1.82) is 0 Å². The zero-order valence-electron chi connectivity index (χ0n) is 10.5. The Bertz CT molecular complexity index is 510.